The van der Waals surface area contributed by atoms with E-state index in [1.807, 2.05) is 72.4 Å². The van der Waals surface area contributed by atoms with Crippen molar-refractivity contribution in [1.29, 1.82) is 0 Å². The molecule has 110 valence electrons. The second-order valence-electron chi connectivity index (χ2n) is 5.53. The standard InChI is InChI=1S/C17H20NO2P/c1-14-17(16-11-7-4-8-12-16)20-21(19,18(14)2)13-15-9-5-3-6-10-15/h3-12,14,17H,13H2,1-2H3/t14-,17-,21+/m0/s1. The molecule has 1 saturated heterocycles. The van der Waals surface area contributed by atoms with Crippen molar-refractivity contribution in [1.82, 2.24) is 4.67 Å². The zero-order valence-corrected chi connectivity index (χ0v) is 13.2. The van der Waals surface area contributed by atoms with Crippen molar-refractivity contribution in [3.05, 3.63) is 71.8 Å². The SMILES string of the molecule is C[C@H]1[C@@H](c2ccccc2)O[P@](=O)(Cc2ccccc2)N1C. The highest BCUT2D eigenvalue weighted by molar-refractivity contribution is 7.55. The molecule has 1 heterocycles. The summed E-state index contributed by atoms with van der Waals surface area (Å²) in [6.45, 7) is 2.07. The molecule has 0 saturated carbocycles. The van der Waals surface area contributed by atoms with Crippen LogP contribution >= 0.6 is 7.52 Å². The van der Waals surface area contributed by atoms with Crippen molar-refractivity contribution in [3.8, 4) is 0 Å². The number of rotatable bonds is 3. The van der Waals surface area contributed by atoms with E-state index in [2.05, 4.69) is 6.92 Å². The van der Waals surface area contributed by atoms with E-state index in [9.17, 15) is 4.57 Å². The van der Waals surface area contributed by atoms with Gasteiger partial charge in [0.2, 0.25) is 0 Å². The maximum absolute atomic E-state index is 13.2. The van der Waals surface area contributed by atoms with Crippen LogP contribution < -0.4 is 0 Å². The Morgan fingerprint density at radius 2 is 1.62 bits per heavy atom. The summed E-state index contributed by atoms with van der Waals surface area (Å²) in [6.07, 6.45) is 0.323. The molecule has 2 aromatic rings. The lowest BCUT2D eigenvalue weighted by Gasteiger charge is -2.20. The van der Waals surface area contributed by atoms with Gasteiger partial charge in [0.05, 0.1) is 6.16 Å². The molecular formula is C17H20NO2P. The van der Waals surface area contributed by atoms with Gasteiger partial charge in [-0.3, -0.25) is 4.57 Å². The highest BCUT2D eigenvalue weighted by atomic mass is 31.2. The second kappa shape index (κ2) is 5.76. The minimum absolute atomic E-state index is 0.0990. The molecule has 0 bridgehead atoms. The van der Waals surface area contributed by atoms with E-state index in [1.165, 1.54) is 0 Å². The van der Waals surface area contributed by atoms with Gasteiger partial charge in [-0.15, -0.1) is 0 Å². The Bertz CT molecular complexity index is 644. The van der Waals surface area contributed by atoms with E-state index in [0.29, 0.717) is 6.16 Å². The van der Waals surface area contributed by atoms with Gasteiger partial charge in [0.25, 0.3) is 7.52 Å². The van der Waals surface area contributed by atoms with Crippen LogP contribution in [0.25, 0.3) is 0 Å². The monoisotopic (exact) mass is 301 g/mol. The van der Waals surface area contributed by atoms with E-state index < -0.39 is 7.52 Å². The highest BCUT2D eigenvalue weighted by Crippen LogP contribution is 2.63. The first-order valence-electron chi connectivity index (χ1n) is 7.20. The van der Waals surface area contributed by atoms with Crippen LogP contribution in [0.3, 0.4) is 0 Å². The van der Waals surface area contributed by atoms with Crippen LogP contribution in [-0.2, 0) is 15.3 Å². The van der Waals surface area contributed by atoms with Crippen LogP contribution in [0.2, 0.25) is 0 Å². The second-order valence-corrected chi connectivity index (χ2v) is 7.97. The third-order valence-corrected chi connectivity index (χ3v) is 6.79. The van der Waals surface area contributed by atoms with Gasteiger partial charge in [0.1, 0.15) is 6.10 Å². The summed E-state index contributed by atoms with van der Waals surface area (Å²) in [5, 5.41) is 0. The van der Waals surface area contributed by atoms with Gasteiger partial charge in [0, 0.05) is 6.04 Å². The smallest absolute Gasteiger partial charge is 0.277 e. The van der Waals surface area contributed by atoms with Crippen LogP contribution in [0, 0.1) is 0 Å². The van der Waals surface area contributed by atoms with E-state index in [0.717, 1.165) is 11.1 Å². The molecule has 0 radical (unpaired) electrons. The van der Waals surface area contributed by atoms with Gasteiger partial charge < -0.3 is 4.52 Å². The number of nitrogens with zero attached hydrogens (tertiary/aromatic N) is 1. The third kappa shape index (κ3) is 2.82. The fraction of sp³-hybridized carbons (Fsp3) is 0.294. The van der Waals surface area contributed by atoms with Crippen LogP contribution in [-0.4, -0.2) is 17.8 Å². The largest absolute Gasteiger partial charge is 0.307 e. The first-order valence-corrected chi connectivity index (χ1v) is 8.96. The summed E-state index contributed by atoms with van der Waals surface area (Å²) in [7, 11) is -0.927. The zero-order chi connectivity index (χ0) is 14.9. The van der Waals surface area contributed by atoms with Gasteiger partial charge >= 0.3 is 0 Å². The highest BCUT2D eigenvalue weighted by Gasteiger charge is 2.46. The minimum Gasteiger partial charge on any atom is -0.307 e. The van der Waals surface area contributed by atoms with Gasteiger partial charge in [-0.2, -0.15) is 0 Å². The predicted octanol–water partition coefficient (Wildman–Crippen LogP) is 4.47. The van der Waals surface area contributed by atoms with E-state index in [1.54, 1.807) is 0 Å². The lowest BCUT2D eigenvalue weighted by Crippen LogP contribution is -2.23. The summed E-state index contributed by atoms with van der Waals surface area (Å²) in [6, 6.07) is 20.0. The number of hydrogen-bond donors (Lipinski definition) is 0. The summed E-state index contributed by atoms with van der Waals surface area (Å²) in [5.74, 6) is 0. The Morgan fingerprint density at radius 3 is 2.24 bits per heavy atom. The summed E-state index contributed by atoms with van der Waals surface area (Å²) in [5.41, 5.74) is 2.14. The topological polar surface area (TPSA) is 29.5 Å². The fourth-order valence-electron chi connectivity index (χ4n) is 2.76. The van der Waals surface area contributed by atoms with Crippen LogP contribution in [0.5, 0.6) is 0 Å². The average molecular weight is 301 g/mol. The Hall–Kier alpha value is -1.41. The maximum Gasteiger partial charge on any atom is 0.277 e. The van der Waals surface area contributed by atoms with Gasteiger partial charge in [-0.1, -0.05) is 60.7 Å². The van der Waals surface area contributed by atoms with Crippen molar-refractivity contribution >= 4 is 7.52 Å². The molecule has 2 aromatic carbocycles. The summed E-state index contributed by atoms with van der Waals surface area (Å²) < 4.78 is 21.2. The Morgan fingerprint density at radius 1 is 1.05 bits per heavy atom. The third-order valence-electron chi connectivity index (χ3n) is 4.14. The van der Waals surface area contributed by atoms with E-state index in [4.69, 9.17) is 4.52 Å². The Kier molecular flexibility index (Phi) is 3.99. The molecule has 0 aromatic heterocycles. The molecule has 0 amide bonds. The molecule has 0 aliphatic carbocycles. The van der Waals surface area contributed by atoms with E-state index in [-0.39, 0.29) is 12.1 Å². The first-order chi connectivity index (χ1) is 10.1. The summed E-state index contributed by atoms with van der Waals surface area (Å²) in [4.78, 5) is 0. The molecule has 3 atom stereocenters. The Labute approximate surface area is 126 Å². The maximum atomic E-state index is 13.2. The quantitative estimate of drug-likeness (QED) is 0.783. The molecule has 0 N–H and O–H groups in total. The molecule has 4 heteroatoms. The molecule has 1 aliphatic rings. The zero-order valence-electron chi connectivity index (χ0n) is 12.3. The van der Waals surface area contributed by atoms with Gasteiger partial charge in [0.15, 0.2) is 0 Å². The van der Waals surface area contributed by atoms with Gasteiger partial charge in [-0.25, -0.2) is 4.67 Å². The van der Waals surface area contributed by atoms with Crippen LogP contribution in [0.4, 0.5) is 0 Å². The molecule has 0 unspecified atom stereocenters. The molecule has 0 spiro atoms. The van der Waals surface area contributed by atoms with Crippen molar-refractivity contribution in [2.45, 2.75) is 25.2 Å². The molecule has 3 rings (SSSR count). The molecular weight excluding hydrogens is 281 g/mol. The molecule has 21 heavy (non-hydrogen) atoms. The van der Waals surface area contributed by atoms with Crippen LogP contribution in [0.15, 0.2) is 60.7 Å². The lowest BCUT2D eigenvalue weighted by molar-refractivity contribution is 0.210. The minimum atomic E-state index is -2.83. The van der Waals surface area contributed by atoms with E-state index >= 15 is 0 Å². The van der Waals surface area contributed by atoms with Crippen molar-refractivity contribution < 1.29 is 9.09 Å². The predicted molar refractivity (Wildman–Crippen MR) is 85.2 cm³/mol. The molecule has 3 nitrogen and oxygen atoms in total. The van der Waals surface area contributed by atoms with Crippen molar-refractivity contribution in [2.75, 3.05) is 7.05 Å². The average Bonchev–Trinajstić information content (AvgIpc) is 2.74. The fourth-order valence-corrected chi connectivity index (χ4v) is 5.21. The van der Waals surface area contributed by atoms with Crippen molar-refractivity contribution in [3.63, 3.8) is 0 Å². The Balaban J connectivity index is 1.86. The lowest BCUT2D eigenvalue weighted by atomic mass is 10.0. The normalized spacial score (nSPS) is 29.6. The number of likely N-dealkylation sites (N-methyl/N-ethyl adjacent to an activating group) is 1. The number of benzene rings is 2. The summed E-state index contributed by atoms with van der Waals surface area (Å²) >= 11 is 0. The number of hydrogen-bond acceptors (Lipinski definition) is 2. The van der Waals surface area contributed by atoms with Crippen molar-refractivity contribution in [2.24, 2.45) is 0 Å². The molecule has 1 fully saturated rings. The van der Waals surface area contributed by atoms with Crippen LogP contribution in [0.1, 0.15) is 24.2 Å². The van der Waals surface area contributed by atoms with Gasteiger partial charge in [-0.05, 0) is 25.1 Å². The first kappa shape index (κ1) is 14.5. The molecule has 1 aliphatic heterocycles.